The highest BCUT2D eigenvalue weighted by Crippen LogP contribution is 1.89. The number of aryl methyl sites for hydroxylation is 1. The van der Waals surface area contributed by atoms with Gasteiger partial charge in [0.1, 0.15) is 12.2 Å². The molecule has 0 radical (unpaired) electrons. The van der Waals surface area contributed by atoms with E-state index >= 15 is 0 Å². The normalized spacial score (nSPS) is 11.1. The molecule has 0 saturated heterocycles. The molecule has 0 amide bonds. The number of nitrogens with zero attached hydrogens (tertiary/aromatic N) is 4. The molecular weight excluding hydrogens is 371 g/mol. The van der Waals surface area contributed by atoms with Gasteiger partial charge in [0.05, 0.1) is 13.2 Å². The van der Waals surface area contributed by atoms with E-state index in [1.807, 2.05) is 7.05 Å². The molecule has 8 heteroatoms. The molecule has 1 aromatic rings. The predicted octanol–water partition coefficient (Wildman–Crippen LogP) is 0.915. The van der Waals surface area contributed by atoms with Crippen LogP contribution in [0, 0.1) is 0 Å². The molecule has 0 aliphatic rings. The number of halogens is 1. The van der Waals surface area contributed by atoms with E-state index in [2.05, 4.69) is 32.6 Å². The Bertz CT molecular complexity index is 382. The summed E-state index contributed by atoms with van der Waals surface area (Å²) in [6.07, 6.45) is 3.81. The molecule has 20 heavy (non-hydrogen) atoms. The van der Waals surface area contributed by atoms with E-state index in [1.54, 1.807) is 11.7 Å². The summed E-state index contributed by atoms with van der Waals surface area (Å²) in [7, 11) is 3.60. The largest absolute Gasteiger partial charge is 0.380 e. The molecule has 0 aliphatic carbocycles. The van der Waals surface area contributed by atoms with E-state index in [4.69, 9.17) is 4.74 Å². The number of unbranched alkanes of at least 4 members (excludes halogenated alkanes) is 1. The van der Waals surface area contributed by atoms with Crippen LogP contribution in [-0.2, 0) is 18.3 Å². The summed E-state index contributed by atoms with van der Waals surface area (Å²) in [6.45, 7) is 4.99. The van der Waals surface area contributed by atoms with Crippen LogP contribution in [0.3, 0.4) is 0 Å². The minimum atomic E-state index is 0. The van der Waals surface area contributed by atoms with Gasteiger partial charge in [0.15, 0.2) is 5.96 Å². The van der Waals surface area contributed by atoms with Crippen LogP contribution in [0.4, 0.5) is 0 Å². The van der Waals surface area contributed by atoms with Crippen LogP contribution >= 0.6 is 24.0 Å². The maximum Gasteiger partial charge on any atom is 0.191 e. The van der Waals surface area contributed by atoms with E-state index < -0.39 is 0 Å². The van der Waals surface area contributed by atoms with Crippen molar-refractivity contribution in [2.75, 3.05) is 26.8 Å². The summed E-state index contributed by atoms with van der Waals surface area (Å²) in [5.74, 6) is 1.60. The van der Waals surface area contributed by atoms with Crippen molar-refractivity contribution in [1.82, 2.24) is 25.4 Å². The molecule has 116 valence electrons. The van der Waals surface area contributed by atoms with Crippen LogP contribution in [-0.4, -0.2) is 47.5 Å². The first-order chi connectivity index (χ1) is 9.27. The lowest BCUT2D eigenvalue weighted by Gasteiger charge is -2.11. The highest BCUT2D eigenvalue weighted by atomic mass is 127. The Hall–Kier alpha value is -0.900. The third kappa shape index (κ3) is 7.63. The van der Waals surface area contributed by atoms with E-state index in [0.717, 1.165) is 37.8 Å². The van der Waals surface area contributed by atoms with Crippen molar-refractivity contribution < 1.29 is 4.74 Å². The summed E-state index contributed by atoms with van der Waals surface area (Å²) in [4.78, 5) is 8.27. The number of guanidine groups is 1. The molecule has 0 atom stereocenters. The van der Waals surface area contributed by atoms with Crippen molar-refractivity contribution in [2.24, 2.45) is 12.0 Å². The Labute approximate surface area is 137 Å². The van der Waals surface area contributed by atoms with Gasteiger partial charge in [0.2, 0.25) is 0 Å². The second-order valence-corrected chi connectivity index (χ2v) is 4.12. The van der Waals surface area contributed by atoms with Crippen LogP contribution in [0.1, 0.15) is 25.6 Å². The van der Waals surface area contributed by atoms with Crippen molar-refractivity contribution in [3.05, 3.63) is 12.2 Å². The molecule has 0 spiro atoms. The van der Waals surface area contributed by atoms with E-state index in [0.29, 0.717) is 13.2 Å². The molecule has 0 fully saturated rings. The fourth-order valence-corrected chi connectivity index (χ4v) is 1.45. The van der Waals surface area contributed by atoms with Gasteiger partial charge in [0.25, 0.3) is 0 Å². The smallest absolute Gasteiger partial charge is 0.191 e. The first-order valence-corrected chi connectivity index (χ1v) is 6.63. The van der Waals surface area contributed by atoms with E-state index in [1.165, 1.54) is 6.33 Å². The number of nitrogens with one attached hydrogen (secondary N) is 2. The number of hydrogen-bond donors (Lipinski definition) is 2. The zero-order valence-electron chi connectivity index (χ0n) is 12.4. The number of ether oxygens (including phenoxy) is 1. The molecule has 7 nitrogen and oxygen atoms in total. The zero-order valence-corrected chi connectivity index (χ0v) is 14.8. The standard InChI is InChI=1S/C12H24N6O.HI/c1-4-5-7-19-8-6-14-12(13-2)15-9-11-16-10-17-18(11)3;/h10H,4-9H2,1-3H3,(H2,13,14,15);1H. The summed E-state index contributed by atoms with van der Waals surface area (Å²) in [5.41, 5.74) is 0. The molecule has 0 aliphatic heterocycles. The summed E-state index contributed by atoms with van der Waals surface area (Å²) in [5, 5.41) is 10.4. The quantitative estimate of drug-likeness (QED) is 0.296. The predicted molar refractivity (Wildman–Crippen MR) is 90.3 cm³/mol. The van der Waals surface area contributed by atoms with Crippen molar-refractivity contribution >= 4 is 29.9 Å². The lowest BCUT2D eigenvalue weighted by atomic mass is 10.4. The fourth-order valence-electron chi connectivity index (χ4n) is 1.45. The highest BCUT2D eigenvalue weighted by molar-refractivity contribution is 14.0. The lowest BCUT2D eigenvalue weighted by molar-refractivity contribution is 0.136. The van der Waals surface area contributed by atoms with Crippen molar-refractivity contribution in [1.29, 1.82) is 0 Å². The van der Waals surface area contributed by atoms with Crippen molar-refractivity contribution in [3.63, 3.8) is 0 Å². The molecule has 1 rings (SSSR count). The van der Waals surface area contributed by atoms with Crippen LogP contribution in [0.5, 0.6) is 0 Å². The maximum absolute atomic E-state index is 5.47. The van der Waals surface area contributed by atoms with Crippen LogP contribution in [0.25, 0.3) is 0 Å². The average molecular weight is 396 g/mol. The Morgan fingerprint density at radius 1 is 1.40 bits per heavy atom. The van der Waals surface area contributed by atoms with Gasteiger partial charge in [-0.05, 0) is 6.42 Å². The molecule has 0 saturated carbocycles. The molecule has 1 heterocycles. The SMILES string of the molecule is CCCCOCCNC(=NC)NCc1ncnn1C.I. The van der Waals surface area contributed by atoms with Crippen LogP contribution < -0.4 is 10.6 Å². The zero-order chi connectivity index (χ0) is 13.9. The second kappa shape index (κ2) is 11.9. The Balaban J connectivity index is 0.00000361. The third-order valence-electron chi connectivity index (χ3n) is 2.62. The van der Waals surface area contributed by atoms with Crippen LogP contribution in [0.15, 0.2) is 11.3 Å². The Morgan fingerprint density at radius 3 is 2.80 bits per heavy atom. The number of aromatic nitrogens is 3. The molecule has 0 aromatic carbocycles. The molecule has 1 aromatic heterocycles. The van der Waals surface area contributed by atoms with Gasteiger partial charge in [-0.1, -0.05) is 13.3 Å². The van der Waals surface area contributed by atoms with Gasteiger partial charge >= 0.3 is 0 Å². The minimum Gasteiger partial charge on any atom is -0.380 e. The van der Waals surface area contributed by atoms with Crippen molar-refractivity contribution in [3.8, 4) is 0 Å². The fraction of sp³-hybridized carbons (Fsp3) is 0.750. The monoisotopic (exact) mass is 396 g/mol. The Morgan fingerprint density at radius 2 is 2.20 bits per heavy atom. The molecule has 0 unspecified atom stereocenters. The van der Waals surface area contributed by atoms with E-state index in [9.17, 15) is 0 Å². The third-order valence-corrected chi connectivity index (χ3v) is 2.62. The number of hydrogen-bond acceptors (Lipinski definition) is 4. The Kier molecular flexibility index (Phi) is 11.4. The van der Waals surface area contributed by atoms with Gasteiger partial charge in [0, 0.05) is 27.2 Å². The second-order valence-electron chi connectivity index (χ2n) is 4.12. The molecular formula is C12H25IN6O. The first-order valence-electron chi connectivity index (χ1n) is 6.63. The molecule has 2 N–H and O–H groups in total. The van der Waals surface area contributed by atoms with Gasteiger partial charge in [-0.3, -0.25) is 9.67 Å². The number of rotatable bonds is 8. The summed E-state index contributed by atoms with van der Waals surface area (Å²) < 4.78 is 7.20. The summed E-state index contributed by atoms with van der Waals surface area (Å²) >= 11 is 0. The van der Waals surface area contributed by atoms with Gasteiger partial charge in [-0.25, -0.2) is 4.98 Å². The number of aliphatic imine (C=N–C) groups is 1. The van der Waals surface area contributed by atoms with Crippen molar-refractivity contribution in [2.45, 2.75) is 26.3 Å². The maximum atomic E-state index is 5.47. The van der Waals surface area contributed by atoms with Gasteiger partial charge in [-0.2, -0.15) is 5.10 Å². The van der Waals surface area contributed by atoms with Crippen LogP contribution in [0.2, 0.25) is 0 Å². The first kappa shape index (κ1) is 19.1. The van der Waals surface area contributed by atoms with E-state index in [-0.39, 0.29) is 24.0 Å². The highest BCUT2D eigenvalue weighted by Gasteiger charge is 2.02. The average Bonchev–Trinajstić information content (AvgIpc) is 2.83. The van der Waals surface area contributed by atoms with Gasteiger partial charge < -0.3 is 15.4 Å². The topological polar surface area (TPSA) is 76.4 Å². The minimum absolute atomic E-state index is 0. The molecule has 0 bridgehead atoms. The van der Waals surface area contributed by atoms with Gasteiger partial charge in [-0.15, -0.1) is 24.0 Å². The summed E-state index contributed by atoms with van der Waals surface area (Å²) in [6, 6.07) is 0. The lowest BCUT2D eigenvalue weighted by Crippen LogP contribution is -2.39.